The summed E-state index contributed by atoms with van der Waals surface area (Å²) in [4.78, 5) is 11.8. The number of benzene rings is 1. The van der Waals surface area contributed by atoms with Gasteiger partial charge in [-0.25, -0.2) is 0 Å². The molecule has 0 unspecified atom stereocenters. The summed E-state index contributed by atoms with van der Waals surface area (Å²) < 4.78 is 10.9. The second-order valence-electron chi connectivity index (χ2n) is 6.00. The Morgan fingerprint density at radius 3 is 2.68 bits per heavy atom. The predicted molar refractivity (Wildman–Crippen MR) is 82.5 cm³/mol. The highest BCUT2D eigenvalue weighted by Gasteiger charge is 2.16. The van der Waals surface area contributed by atoms with Gasteiger partial charge in [-0.15, -0.1) is 10.2 Å². The molecule has 0 spiro atoms. The van der Waals surface area contributed by atoms with Crippen molar-refractivity contribution in [3.8, 4) is 17.2 Å². The molecule has 0 aliphatic carbocycles. The fourth-order valence-corrected chi connectivity index (χ4v) is 1.99. The first-order valence-corrected chi connectivity index (χ1v) is 7.16. The van der Waals surface area contributed by atoms with Gasteiger partial charge in [0, 0.05) is 18.4 Å². The molecule has 1 aromatic heterocycles. The van der Waals surface area contributed by atoms with Gasteiger partial charge in [0.15, 0.2) is 0 Å². The van der Waals surface area contributed by atoms with E-state index in [1.807, 2.05) is 45.0 Å². The molecule has 22 heavy (non-hydrogen) atoms. The summed E-state index contributed by atoms with van der Waals surface area (Å²) in [5, 5.41) is 10.9. The molecule has 1 amide bonds. The van der Waals surface area contributed by atoms with Crippen LogP contribution >= 0.6 is 0 Å². The van der Waals surface area contributed by atoms with Crippen molar-refractivity contribution in [1.82, 2.24) is 15.5 Å². The maximum absolute atomic E-state index is 11.8. The van der Waals surface area contributed by atoms with Crippen LogP contribution in [0.25, 0.3) is 11.5 Å². The Balaban J connectivity index is 2.02. The van der Waals surface area contributed by atoms with Crippen LogP contribution in [-0.4, -0.2) is 28.8 Å². The molecule has 6 nitrogen and oxygen atoms in total. The Hall–Kier alpha value is -2.37. The molecule has 118 valence electrons. The van der Waals surface area contributed by atoms with Gasteiger partial charge in [-0.1, -0.05) is 12.1 Å². The molecule has 0 aliphatic rings. The van der Waals surface area contributed by atoms with E-state index in [1.165, 1.54) is 0 Å². The zero-order valence-corrected chi connectivity index (χ0v) is 13.3. The van der Waals surface area contributed by atoms with E-state index in [0.29, 0.717) is 30.4 Å². The Morgan fingerprint density at radius 2 is 2.00 bits per heavy atom. The van der Waals surface area contributed by atoms with E-state index >= 15 is 0 Å². The maximum Gasteiger partial charge on any atom is 0.251 e. The van der Waals surface area contributed by atoms with Gasteiger partial charge >= 0.3 is 0 Å². The summed E-state index contributed by atoms with van der Waals surface area (Å²) in [6.07, 6.45) is 0.717. The van der Waals surface area contributed by atoms with Gasteiger partial charge in [0.05, 0.1) is 12.7 Å². The number of rotatable bonds is 5. The molecule has 2 aromatic rings. The number of hydrogen-bond donors (Lipinski definition) is 1. The first-order chi connectivity index (χ1) is 10.4. The fraction of sp³-hybridized carbons (Fsp3) is 0.438. The normalized spacial score (nSPS) is 11.3. The zero-order valence-electron chi connectivity index (χ0n) is 13.3. The van der Waals surface area contributed by atoms with Crippen molar-refractivity contribution < 1.29 is 13.9 Å². The molecule has 2 rings (SSSR count). The lowest BCUT2D eigenvalue weighted by Crippen LogP contribution is -2.40. The van der Waals surface area contributed by atoms with E-state index in [2.05, 4.69) is 15.5 Å². The van der Waals surface area contributed by atoms with Crippen molar-refractivity contribution >= 4 is 5.91 Å². The maximum atomic E-state index is 11.8. The van der Waals surface area contributed by atoms with E-state index < -0.39 is 0 Å². The number of ether oxygens (including phenoxy) is 1. The Morgan fingerprint density at radius 1 is 1.27 bits per heavy atom. The van der Waals surface area contributed by atoms with Crippen LogP contribution in [0.4, 0.5) is 0 Å². The number of para-hydroxylation sites is 1. The number of methoxy groups -OCH3 is 1. The molecule has 0 bridgehead atoms. The molecule has 0 aliphatic heterocycles. The molecular weight excluding hydrogens is 282 g/mol. The number of aryl methyl sites for hydroxylation is 1. The lowest BCUT2D eigenvalue weighted by Gasteiger charge is -2.20. The van der Waals surface area contributed by atoms with Crippen LogP contribution in [0.1, 0.15) is 33.1 Å². The van der Waals surface area contributed by atoms with Crippen molar-refractivity contribution in [2.45, 2.75) is 39.2 Å². The second kappa shape index (κ2) is 6.60. The number of nitrogens with one attached hydrogen (secondary N) is 1. The van der Waals surface area contributed by atoms with Gasteiger partial charge < -0.3 is 14.5 Å². The summed E-state index contributed by atoms with van der Waals surface area (Å²) in [5.41, 5.74) is 0.497. The molecule has 6 heteroatoms. The average Bonchev–Trinajstić information content (AvgIpc) is 2.92. The number of amides is 1. The van der Waals surface area contributed by atoms with Gasteiger partial charge in [-0.3, -0.25) is 4.79 Å². The van der Waals surface area contributed by atoms with E-state index in [4.69, 9.17) is 9.15 Å². The molecule has 0 saturated carbocycles. The summed E-state index contributed by atoms with van der Waals surface area (Å²) in [7, 11) is 1.59. The molecule has 1 aromatic carbocycles. The van der Waals surface area contributed by atoms with Crippen LogP contribution in [0.3, 0.4) is 0 Å². The average molecular weight is 303 g/mol. The topological polar surface area (TPSA) is 77.2 Å². The lowest BCUT2D eigenvalue weighted by molar-refractivity contribution is -0.122. The van der Waals surface area contributed by atoms with Crippen LogP contribution in [0.15, 0.2) is 28.7 Å². The van der Waals surface area contributed by atoms with Crippen molar-refractivity contribution in [3.05, 3.63) is 30.2 Å². The highest BCUT2D eigenvalue weighted by Crippen LogP contribution is 2.28. The molecule has 1 heterocycles. The molecule has 0 atom stereocenters. The van der Waals surface area contributed by atoms with Crippen molar-refractivity contribution in [2.75, 3.05) is 7.11 Å². The highest BCUT2D eigenvalue weighted by molar-refractivity contribution is 5.76. The molecule has 0 fully saturated rings. The minimum Gasteiger partial charge on any atom is -0.496 e. The standard InChI is InChI=1S/C16H21N3O3/c1-16(2,3)17-13(20)9-10-14-18-19-15(22-14)11-7-5-6-8-12(11)21-4/h5-8H,9-10H2,1-4H3,(H,17,20). The highest BCUT2D eigenvalue weighted by atomic mass is 16.5. The number of carbonyl (C=O) groups excluding carboxylic acids is 1. The third kappa shape index (κ3) is 4.31. The quantitative estimate of drug-likeness (QED) is 0.918. The van der Waals surface area contributed by atoms with Crippen LogP contribution in [0.5, 0.6) is 5.75 Å². The zero-order chi connectivity index (χ0) is 16.2. The predicted octanol–water partition coefficient (Wildman–Crippen LogP) is 2.59. The third-order valence-electron chi connectivity index (χ3n) is 2.88. The summed E-state index contributed by atoms with van der Waals surface area (Å²) in [6, 6.07) is 7.42. The summed E-state index contributed by atoms with van der Waals surface area (Å²) >= 11 is 0. The minimum absolute atomic E-state index is 0.0375. The largest absolute Gasteiger partial charge is 0.496 e. The Kier molecular flexibility index (Phi) is 4.80. The van der Waals surface area contributed by atoms with Crippen molar-refractivity contribution in [3.63, 3.8) is 0 Å². The third-order valence-corrected chi connectivity index (χ3v) is 2.88. The van der Waals surface area contributed by atoms with Gasteiger partial charge in [-0.05, 0) is 32.9 Å². The van der Waals surface area contributed by atoms with Gasteiger partial charge in [0.25, 0.3) is 5.89 Å². The molecular formula is C16H21N3O3. The SMILES string of the molecule is COc1ccccc1-c1nnc(CCC(=O)NC(C)(C)C)o1. The monoisotopic (exact) mass is 303 g/mol. The number of hydrogen-bond acceptors (Lipinski definition) is 5. The van der Waals surface area contributed by atoms with Crippen LogP contribution in [0, 0.1) is 0 Å². The van der Waals surface area contributed by atoms with E-state index in [1.54, 1.807) is 7.11 Å². The van der Waals surface area contributed by atoms with Crippen LogP contribution in [0.2, 0.25) is 0 Å². The first-order valence-electron chi connectivity index (χ1n) is 7.16. The van der Waals surface area contributed by atoms with E-state index in [9.17, 15) is 4.79 Å². The molecule has 1 N–H and O–H groups in total. The van der Waals surface area contributed by atoms with E-state index in [0.717, 1.165) is 5.56 Å². The number of aromatic nitrogens is 2. The van der Waals surface area contributed by atoms with Crippen molar-refractivity contribution in [2.24, 2.45) is 0 Å². The number of carbonyl (C=O) groups is 1. The minimum atomic E-state index is -0.242. The van der Waals surface area contributed by atoms with Gasteiger partial charge in [0.2, 0.25) is 11.8 Å². The van der Waals surface area contributed by atoms with E-state index in [-0.39, 0.29) is 11.4 Å². The second-order valence-corrected chi connectivity index (χ2v) is 6.00. The summed E-state index contributed by atoms with van der Waals surface area (Å²) in [6.45, 7) is 5.83. The van der Waals surface area contributed by atoms with Crippen LogP contribution in [-0.2, 0) is 11.2 Å². The Bertz CT molecular complexity index is 644. The lowest BCUT2D eigenvalue weighted by atomic mass is 10.1. The molecule has 0 saturated heterocycles. The summed E-state index contributed by atoms with van der Waals surface area (Å²) in [5.74, 6) is 1.46. The smallest absolute Gasteiger partial charge is 0.251 e. The number of nitrogens with zero attached hydrogens (tertiary/aromatic N) is 2. The van der Waals surface area contributed by atoms with Crippen LogP contribution < -0.4 is 10.1 Å². The Labute approximate surface area is 129 Å². The van der Waals surface area contributed by atoms with Gasteiger partial charge in [-0.2, -0.15) is 0 Å². The fourth-order valence-electron chi connectivity index (χ4n) is 1.99. The van der Waals surface area contributed by atoms with Gasteiger partial charge in [0.1, 0.15) is 5.75 Å². The van der Waals surface area contributed by atoms with Crippen molar-refractivity contribution in [1.29, 1.82) is 0 Å². The molecule has 0 radical (unpaired) electrons. The first kappa shape index (κ1) is 16.0.